The van der Waals surface area contributed by atoms with Gasteiger partial charge in [0.2, 0.25) is 6.39 Å². The molecule has 0 radical (unpaired) electrons. The standard InChI is InChI=1S/C12H15N3O3/c1-8(13-6-12-14-7-18-15-12)9-3-4-10(16)11(5-9)17-2/h3-5,7-8,13,16H,6H2,1-2H3. The smallest absolute Gasteiger partial charge is 0.213 e. The number of ether oxygens (including phenoxy) is 1. The third-order valence-corrected chi connectivity index (χ3v) is 2.68. The van der Waals surface area contributed by atoms with E-state index in [1.165, 1.54) is 13.5 Å². The zero-order chi connectivity index (χ0) is 13.0. The molecule has 2 rings (SSSR count). The second-order valence-electron chi connectivity index (χ2n) is 3.88. The lowest BCUT2D eigenvalue weighted by molar-refractivity contribution is 0.372. The highest BCUT2D eigenvalue weighted by Crippen LogP contribution is 2.28. The number of methoxy groups -OCH3 is 1. The largest absolute Gasteiger partial charge is 0.504 e. The highest BCUT2D eigenvalue weighted by atomic mass is 16.5. The van der Waals surface area contributed by atoms with Gasteiger partial charge >= 0.3 is 0 Å². The van der Waals surface area contributed by atoms with Gasteiger partial charge in [-0.25, -0.2) is 0 Å². The van der Waals surface area contributed by atoms with Crippen LogP contribution in [0.25, 0.3) is 0 Å². The van der Waals surface area contributed by atoms with E-state index in [0.717, 1.165) is 5.56 Å². The van der Waals surface area contributed by atoms with Gasteiger partial charge in [0.15, 0.2) is 17.3 Å². The molecular formula is C12H15N3O3. The minimum absolute atomic E-state index is 0.0815. The minimum atomic E-state index is 0.0815. The lowest BCUT2D eigenvalue weighted by Gasteiger charge is -2.14. The Hall–Kier alpha value is -2.08. The molecular weight excluding hydrogens is 234 g/mol. The number of rotatable bonds is 5. The van der Waals surface area contributed by atoms with Crippen LogP contribution < -0.4 is 10.1 Å². The number of nitrogens with one attached hydrogen (secondary N) is 1. The summed E-state index contributed by atoms with van der Waals surface area (Å²) in [5, 5.41) is 16.5. The van der Waals surface area contributed by atoms with Crippen LogP contribution in [0.2, 0.25) is 0 Å². The van der Waals surface area contributed by atoms with Crippen molar-refractivity contribution in [2.75, 3.05) is 7.11 Å². The number of phenols is 1. The van der Waals surface area contributed by atoms with Gasteiger partial charge in [0.25, 0.3) is 0 Å². The van der Waals surface area contributed by atoms with Gasteiger partial charge < -0.3 is 19.7 Å². The molecule has 0 aliphatic carbocycles. The van der Waals surface area contributed by atoms with Crippen LogP contribution in [0.15, 0.2) is 29.1 Å². The fourth-order valence-electron chi connectivity index (χ4n) is 1.60. The topological polar surface area (TPSA) is 80.4 Å². The summed E-state index contributed by atoms with van der Waals surface area (Å²) in [6, 6.07) is 5.33. The number of aromatic hydroxyl groups is 1. The van der Waals surface area contributed by atoms with Crippen molar-refractivity contribution in [3.8, 4) is 11.5 Å². The molecule has 2 N–H and O–H groups in total. The van der Waals surface area contributed by atoms with Gasteiger partial charge in [0.05, 0.1) is 13.7 Å². The number of benzene rings is 1. The fourth-order valence-corrected chi connectivity index (χ4v) is 1.60. The molecule has 0 aliphatic rings. The molecule has 1 heterocycles. The Kier molecular flexibility index (Phi) is 3.78. The van der Waals surface area contributed by atoms with Crippen molar-refractivity contribution in [3.63, 3.8) is 0 Å². The molecule has 0 bridgehead atoms. The molecule has 0 aliphatic heterocycles. The van der Waals surface area contributed by atoms with Crippen LogP contribution in [0.4, 0.5) is 0 Å². The van der Waals surface area contributed by atoms with Crippen molar-refractivity contribution < 1.29 is 14.4 Å². The van der Waals surface area contributed by atoms with Crippen LogP contribution in [0.1, 0.15) is 24.4 Å². The summed E-state index contributed by atoms with van der Waals surface area (Å²) in [5.74, 6) is 1.19. The number of aromatic nitrogens is 2. The monoisotopic (exact) mass is 249 g/mol. The molecule has 18 heavy (non-hydrogen) atoms. The first-order chi connectivity index (χ1) is 8.70. The summed E-state index contributed by atoms with van der Waals surface area (Å²) in [6.45, 7) is 2.52. The van der Waals surface area contributed by atoms with Gasteiger partial charge in [-0.2, -0.15) is 4.98 Å². The van der Waals surface area contributed by atoms with Crippen LogP contribution in [0.5, 0.6) is 11.5 Å². The maximum atomic E-state index is 9.52. The van der Waals surface area contributed by atoms with Crippen molar-refractivity contribution in [3.05, 3.63) is 36.0 Å². The lowest BCUT2D eigenvalue weighted by atomic mass is 10.1. The predicted octanol–water partition coefficient (Wildman–Crippen LogP) is 1.63. The quantitative estimate of drug-likeness (QED) is 0.838. The van der Waals surface area contributed by atoms with E-state index in [9.17, 15) is 5.11 Å². The van der Waals surface area contributed by atoms with Gasteiger partial charge in [-0.15, -0.1) is 0 Å². The Balaban J connectivity index is 2.02. The Labute approximate surface area is 105 Å². The molecule has 1 atom stereocenters. The van der Waals surface area contributed by atoms with E-state index < -0.39 is 0 Å². The lowest BCUT2D eigenvalue weighted by Crippen LogP contribution is -2.18. The van der Waals surface area contributed by atoms with E-state index in [4.69, 9.17) is 4.74 Å². The molecule has 6 heteroatoms. The Morgan fingerprint density at radius 3 is 3.00 bits per heavy atom. The van der Waals surface area contributed by atoms with Crippen LogP contribution in [0, 0.1) is 0 Å². The molecule has 0 spiro atoms. The maximum Gasteiger partial charge on any atom is 0.213 e. The summed E-state index contributed by atoms with van der Waals surface area (Å²) in [4.78, 5) is 3.92. The normalized spacial score (nSPS) is 12.3. The average Bonchev–Trinajstić information content (AvgIpc) is 2.89. The van der Waals surface area contributed by atoms with Gasteiger partial charge in [0.1, 0.15) is 0 Å². The van der Waals surface area contributed by atoms with Gasteiger partial charge in [-0.1, -0.05) is 11.2 Å². The number of nitrogens with zero attached hydrogens (tertiary/aromatic N) is 2. The number of hydrogen-bond donors (Lipinski definition) is 2. The van der Waals surface area contributed by atoms with E-state index in [-0.39, 0.29) is 11.8 Å². The SMILES string of the molecule is COc1cc(C(C)NCc2ncon2)ccc1O. The first-order valence-corrected chi connectivity index (χ1v) is 5.56. The van der Waals surface area contributed by atoms with Crippen molar-refractivity contribution in [2.24, 2.45) is 0 Å². The third kappa shape index (κ3) is 2.78. The fraction of sp³-hybridized carbons (Fsp3) is 0.333. The van der Waals surface area contributed by atoms with E-state index in [1.54, 1.807) is 12.1 Å². The first-order valence-electron chi connectivity index (χ1n) is 5.56. The molecule has 6 nitrogen and oxygen atoms in total. The van der Waals surface area contributed by atoms with Crippen molar-refractivity contribution in [2.45, 2.75) is 19.5 Å². The van der Waals surface area contributed by atoms with E-state index >= 15 is 0 Å². The van der Waals surface area contributed by atoms with E-state index in [0.29, 0.717) is 18.1 Å². The second kappa shape index (κ2) is 5.50. The van der Waals surface area contributed by atoms with E-state index in [1.807, 2.05) is 13.0 Å². The van der Waals surface area contributed by atoms with Crippen molar-refractivity contribution >= 4 is 0 Å². The third-order valence-electron chi connectivity index (χ3n) is 2.68. The van der Waals surface area contributed by atoms with Crippen LogP contribution >= 0.6 is 0 Å². The predicted molar refractivity (Wildman–Crippen MR) is 64.2 cm³/mol. The summed E-state index contributed by atoms with van der Waals surface area (Å²) < 4.78 is 9.72. The van der Waals surface area contributed by atoms with Gasteiger partial charge in [0, 0.05) is 6.04 Å². The molecule has 2 aromatic rings. The van der Waals surface area contributed by atoms with Crippen LogP contribution in [0.3, 0.4) is 0 Å². The van der Waals surface area contributed by atoms with Crippen molar-refractivity contribution in [1.82, 2.24) is 15.5 Å². The Morgan fingerprint density at radius 1 is 1.50 bits per heavy atom. The summed E-state index contributed by atoms with van der Waals surface area (Å²) in [6.07, 6.45) is 1.30. The Bertz CT molecular complexity index is 499. The molecule has 1 unspecified atom stereocenters. The van der Waals surface area contributed by atoms with E-state index in [2.05, 4.69) is 20.0 Å². The first kappa shape index (κ1) is 12.4. The maximum absolute atomic E-state index is 9.52. The number of hydrogen-bond acceptors (Lipinski definition) is 6. The molecule has 96 valence electrons. The second-order valence-corrected chi connectivity index (χ2v) is 3.88. The summed E-state index contributed by atoms with van der Waals surface area (Å²) >= 11 is 0. The van der Waals surface area contributed by atoms with Crippen LogP contribution in [-0.2, 0) is 6.54 Å². The highest BCUT2D eigenvalue weighted by Gasteiger charge is 2.09. The number of phenolic OH excluding ortho intramolecular Hbond substituents is 1. The molecule has 1 aromatic heterocycles. The van der Waals surface area contributed by atoms with Crippen molar-refractivity contribution in [1.29, 1.82) is 0 Å². The highest BCUT2D eigenvalue weighted by molar-refractivity contribution is 5.42. The molecule has 0 saturated carbocycles. The van der Waals surface area contributed by atoms with Gasteiger partial charge in [-0.3, -0.25) is 0 Å². The zero-order valence-electron chi connectivity index (χ0n) is 10.3. The molecule has 0 fully saturated rings. The summed E-state index contributed by atoms with van der Waals surface area (Å²) in [7, 11) is 1.52. The molecule has 0 saturated heterocycles. The molecule has 1 aromatic carbocycles. The Morgan fingerprint density at radius 2 is 2.33 bits per heavy atom. The van der Waals surface area contributed by atoms with Crippen LogP contribution in [-0.4, -0.2) is 22.4 Å². The molecule has 0 amide bonds. The van der Waals surface area contributed by atoms with Gasteiger partial charge in [-0.05, 0) is 24.6 Å². The summed E-state index contributed by atoms with van der Waals surface area (Å²) in [5.41, 5.74) is 1.01. The zero-order valence-corrected chi connectivity index (χ0v) is 10.3. The minimum Gasteiger partial charge on any atom is -0.504 e. The average molecular weight is 249 g/mol.